The number of quaternary nitrogens is 1. The van der Waals surface area contributed by atoms with Crippen LogP contribution in [0.3, 0.4) is 0 Å². The van der Waals surface area contributed by atoms with Crippen molar-refractivity contribution in [2.45, 2.75) is 302 Å². The van der Waals surface area contributed by atoms with Crippen LogP contribution in [0.5, 0.6) is 0 Å². The molecule has 0 spiro atoms. The van der Waals surface area contributed by atoms with Crippen LogP contribution in [-0.2, 0) is 32.7 Å². The zero-order valence-electron chi connectivity index (χ0n) is 55.1. The second kappa shape index (κ2) is 64.2. The average Bonchev–Trinajstić information content (AvgIpc) is 3.61. The van der Waals surface area contributed by atoms with Gasteiger partial charge in [0.2, 0.25) is 0 Å². The first-order chi connectivity index (χ1) is 41.0. The fraction of sp³-hybridized carbons (Fsp3) is 0.730. The normalized spacial score (nSPS) is 13.8. The Morgan fingerprint density at radius 1 is 0.369 bits per heavy atom. The van der Waals surface area contributed by atoms with Crippen molar-refractivity contribution in [2.24, 2.45) is 0 Å². The van der Waals surface area contributed by atoms with Crippen molar-refractivity contribution >= 4 is 19.8 Å². The lowest BCUT2D eigenvalue weighted by Gasteiger charge is -2.28. The molecule has 84 heavy (non-hydrogen) atoms. The lowest BCUT2D eigenvalue weighted by Crippen LogP contribution is -2.37. The van der Waals surface area contributed by atoms with Crippen molar-refractivity contribution in [1.82, 2.24) is 0 Å². The lowest BCUT2D eigenvalue weighted by molar-refractivity contribution is -0.870. The molecule has 0 saturated carbocycles. The average molecular weight is 1190 g/mol. The van der Waals surface area contributed by atoms with Gasteiger partial charge in [-0.05, 0) is 96.3 Å². The molecule has 2 unspecified atom stereocenters. The third-order valence-electron chi connectivity index (χ3n) is 14.8. The Kier molecular flexibility index (Phi) is 61.6. The summed E-state index contributed by atoms with van der Waals surface area (Å²) in [7, 11) is 1.17. The summed E-state index contributed by atoms with van der Waals surface area (Å²) in [6.45, 7) is 4.04. The minimum atomic E-state index is -4.65. The van der Waals surface area contributed by atoms with Crippen molar-refractivity contribution in [3.8, 4) is 0 Å². The molecule has 0 aliphatic carbocycles. The number of esters is 2. The summed E-state index contributed by atoms with van der Waals surface area (Å²) in [5, 5.41) is 0. The summed E-state index contributed by atoms with van der Waals surface area (Å²) >= 11 is 0. The van der Waals surface area contributed by atoms with Crippen LogP contribution < -0.4 is 4.89 Å². The summed E-state index contributed by atoms with van der Waals surface area (Å²) in [6.07, 6.45) is 90.2. The first-order valence-electron chi connectivity index (χ1n) is 34.6. The highest BCUT2D eigenvalue weighted by Crippen LogP contribution is 2.38. The maximum absolute atomic E-state index is 12.9. The third-order valence-corrected chi connectivity index (χ3v) is 15.8. The van der Waals surface area contributed by atoms with Crippen molar-refractivity contribution in [1.29, 1.82) is 0 Å². The van der Waals surface area contributed by atoms with E-state index in [-0.39, 0.29) is 32.0 Å². The molecule has 0 bridgehead atoms. The SMILES string of the molecule is CC/C=C\C/C=C\C/C=C\C/C=C\C/C=C\CCCCCCCCCCCCCCCCCCCC(=O)OC(COC(=O)CCCCCCCCCCCCCCCC/C=C\C/C=C\C/C=C\C/C=C\CC)COP(=O)([O-])OCC[N+](C)(C)C. The Bertz CT molecular complexity index is 1790. The number of phosphoric acid groups is 1. The fourth-order valence-electron chi connectivity index (χ4n) is 9.56. The quantitative estimate of drug-likeness (QED) is 0.0195. The fourth-order valence-corrected chi connectivity index (χ4v) is 10.3. The Morgan fingerprint density at radius 2 is 0.643 bits per heavy atom. The highest BCUT2D eigenvalue weighted by molar-refractivity contribution is 7.45. The zero-order valence-corrected chi connectivity index (χ0v) is 56.0. The third kappa shape index (κ3) is 67.8. The van der Waals surface area contributed by atoms with Crippen molar-refractivity contribution < 1.29 is 42.1 Å². The van der Waals surface area contributed by atoms with Crippen LogP contribution in [0.25, 0.3) is 0 Å². The number of likely N-dealkylation sites (N-methyl/N-ethyl adjacent to an activating group) is 1. The number of allylic oxidation sites excluding steroid dienone is 18. The van der Waals surface area contributed by atoms with Gasteiger partial charge in [-0.15, -0.1) is 0 Å². The molecular formula is C74H130NO8P. The van der Waals surface area contributed by atoms with E-state index in [2.05, 4.69) is 123 Å². The number of rotatable bonds is 63. The van der Waals surface area contributed by atoms with E-state index in [0.717, 1.165) is 96.3 Å². The number of nitrogens with zero attached hydrogens (tertiary/aromatic N) is 1. The van der Waals surface area contributed by atoms with Gasteiger partial charge in [-0.3, -0.25) is 14.2 Å². The predicted molar refractivity (Wildman–Crippen MR) is 360 cm³/mol. The highest BCUT2D eigenvalue weighted by Gasteiger charge is 2.22. The number of hydrogen-bond acceptors (Lipinski definition) is 8. The number of unbranched alkanes of at least 4 members (excludes halogenated alkanes) is 31. The summed E-state index contributed by atoms with van der Waals surface area (Å²) in [6, 6.07) is 0. The minimum absolute atomic E-state index is 0.0334. The summed E-state index contributed by atoms with van der Waals surface area (Å²) in [4.78, 5) is 38.1. The molecule has 2 atom stereocenters. The molecule has 10 heteroatoms. The topological polar surface area (TPSA) is 111 Å². The predicted octanol–water partition coefficient (Wildman–Crippen LogP) is 21.9. The smallest absolute Gasteiger partial charge is 0.306 e. The van der Waals surface area contributed by atoms with Gasteiger partial charge in [0.1, 0.15) is 19.8 Å². The van der Waals surface area contributed by atoms with E-state index in [9.17, 15) is 19.0 Å². The molecule has 0 N–H and O–H groups in total. The van der Waals surface area contributed by atoms with Gasteiger partial charge >= 0.3 is 11.9 Å². The molecule has 0 aliphatic heterocycles. The number of hydrogen-bond donors (Lipinski definition) is 0. The molecule has 0 fully saturated rings. The van der Waals surface area contributed by atoms with E-state index in [1.807, 2.05) is 21.1 Å². The highest BCUT2D eigenvalue weighted by atomic mass is 31.2. The molecule has 484 valence electrons. The Labute approximate surface area is 518 Å². The Balaban J connectivity index is 4.04. The van der Waals surface area contributed by atoms with E-state index in [4.69, 9.17) is 18.5 Å². The Morgan fingerprint density at radius 3 is 0.952 bits per heavy atom. The molecule has 0 heterocycles. The first-order valence-corrected chi connectivity index (χ1v) is 36.1. The largest absolute Gasteiger partial charge is 0.756 e. The molecule has 0 aromatic carbocycles. The van der Waals surface area contributed by atoms with Gasteiger partial charge in [0.25, 0.3) is 7.82 Å². The Hall–Kier alpha value is -3.33. The maximum Gasteiger partial charge on any atom is 0.306 e. The first kappa shape index (κ1) is 80.7. The van der Waals surface area contributed by atoms with Crippen molar-refractivity contribution in [3.63, 3.8) is 0 Å². The minimum Gasteiger partial charge on any atom is -0.756 e. The molecule has 0 radical (unpaired) electrons. The van der Waals surface area contributed by atoms with Gasteiger partial charge in [-0.1, -0.05) is 297 Å². The summed E-state index contributed by atoms with van der Waals surface area (Å²) < 4.78 is 34.3. The van der Waals surface area contributed by atoms with Gasteiger partial charge in [-0.25, -0.2) is 0 Å². The number of carbonyl (C=O) groups excluding carboxylic acids is 2. The van der Waals surface area contributed by atoms with E-state index in [0.29, 0.717) is 17.4 Å². The second-order valence-electron chi connectivity index (χ2n) is 24.1. The standard InChI is InChI=1S/C74H130NO8P/c1-6-8-10-12-14-16-18-20-22-24-26-28-30-32-34-35-36-37-38-39-41-43-45-47-49-51-53-55-57-59-61-63-65-67-74(77)83-72(71-82-84(78,79)81-69-68-75(3,4)5)70-80-73(76)66-64-62-60-58-56-54-52-50-48-46-44-42-40-33-31-29-27-25-23-21-19-17-15-13-11-9-7-2/h8-11,14-17,20-23,26-29,32,34,72H,6-7,12-13,18-19,24-25,30-31,33,35-71H2,1-5H3/b10-8-,11-9-,16-14-,17-15-,22-20-,23-21-,28-26-,29-27-,34-32-. The number of ether oxygens (including phenoxy) is 2. The number of phosphoric ester groups is 1. The van der Waals surface area contributed by atoms with Gasteiger partial charge in [0.05, 0.1) is 27.7 Å². The monoisotopic (exact) mass is 1190 g/mol. The van der Waals surface area contributed by atoms with Crippen molar-refractivity contribution in [2.75, 3.05) is 47.5 Å². The van der Waals surface area contributed by atoms with E-state index in [1.165, 1.54) is 167 Å². The van der Waals surface area contributed by atoms with Crippen LogP contribution in [0.2, 0.25) is 0 Å². The van der Waals surface area contributed by atoms with Gasteiger partial charge < -0.3 is 27.9 Å². The van der Waals surface area contributed by atoms with Crippen LogP contribution in [-0.4, -0.2) is 70.0 Å². The molecule has 0 aromatic rings. The van der Waals surface area contributed by atoms with Crippen LogP contribution in [0.1, 0.15) is 296 Å². The molecule has 0 saturated heterocycles. The van der Waals surface area contributed by atoms with E-state index in [1.54, 1.807) is 0 Å². The van der Waals surface area contributed by atoms with E-state index >= 15 is 0 Å². The summed E-state index contributed by atoms with van der Waals surface area (Å²) in [5.74, 6) is -0.827. The van der Waals surface area contributed by atoms with Gasteiger partial charge in [0.15, 0.2) is 6.10 Å². The van der Waals surface area contributed by atoms with Crippen LogP contribution in [0, 0.1) is 0 Å². The van der Waals surface area contributed by atoms with Crippen molar-refractivity contribution in [3.05, 3.63) is 109 Å². The lowest BCUT2D eigenvalue weighted by atomic mass is 10.0. The summed E-state index contributed by atoms with van der Waals surface area (Å²) in [5.41, 5.74) is 0. The van der Waals surface area contributed by atoms with Crippen LogP contribution in [0.15, 0.2) is 109 Å². The molecular weight excluding hydrogens is 1060 g/mol. The molecule has 0 amide bonds. The van der Waals surface area contributed by atoms with Crippen LogP contribution >= 0.6 is 7.82 Å². The molecule has 0 aliphatic rings. The second-order valence-corrected chi connectivity index (χ2v) is 25.5. The number of carbonyl (C=O) groups is 2. The van der Waals surface area contributed by atoms with Gasteiger partial charge in [0, 0.05) is 12.8 Å². The van der Waals surface area contributed by atoms with Gasteiger partial charge in [-0.2, -0.15) is 0 Å². The zero-order chi connectivity index (χ0) is 61.2. The molecule has 9 nitrogen and oxygen atoms in total. The maximum atomic E-state index is 12.9. The van der Waals surface area contributed by atoms with E-state index < -0.39 is 26.5 Å². The molecule has 0 aromatic heterocycles. The van der Waals surface area contributed by atoms with Crippen LogP contribution in [0.4, 0.5) is 0 Å². The molecule has 0 rings (SSSR count).